The summed E-state index contributed by atoms with van der Waals surface area (Å²) in [6.07, 6.45) is 0.851. The van der Waals surface area contributed by atoms with Gasteiger partial charge in [-0.3, -0.25) is 0 Å². The molecule has 25 heavy (non-hydrogen) atoms. The van der Waals surface area contributed by atoms with Gasteiger partial charge in [0.05, 0.1) is 10.6 Å². The molecule has 0 spiro atoms. The van der Waals surface area contributed by atoms with Crippen molar-refractivity contribution in [1.29, 1.82) is 0 Å². The topological polar surface area (TPSA) is 92.3 Å². The average molecular weight is 383 g/mol. The van der Waals surface area contributed by atoms with Crippen molar-refractivity contribution in [3.8, 4) is 0 Å². The first-order valence-electron chi connectivity index (χ1n) is 7.83. The van der Waals surface area contributed by atoms with Crippen molar-refractivity contribution in [2.75, 3.05) is 7.05 Å². The lowest BCUT2D eigenvalue weighted by molar-refractivity contribution is 0.581. The number of hydrogen-bond donors (Lipinski definition) is 2. The van der Waals surface area contributed by atoms with Gasteiger partial charge < -0.3 is 0 Å². The molecule has 0 aliphatic carbocycles. The zero-order valence-electron chi connectivity index (χ0n) is 14.2. The van der Waals surface area contributed by atoms with Crippen molar-refractivity contribution < 1.29 is 16.8 Å². The van der Waals surface area contributed by atoms with Crippen LogP contribution in [0.25, 0.3) is 0 Å². The number of aryl methyl sites for hydroxylation is 1. The Kier molecular flexibility index (Phi) is 6.34. The number of sulfonamides is 2. The first-order chi connectivity index (χ1) is 11.8. The van der Waals surface area contributed by atoms with E-state index in [1.54, 1.807) is 48.5 Å². The van der Waals surface area contributed by atoms with E-state index in [9.17, 15) is 16.8 Å². The molecule has 0 saturated heterocycles. The number of benzene rings is 2. The molecule has 0 aromatic heterocycles. The Morgan fingerprint density at radius 2 is 1.32 bits per heavy atom. The van der Waals surface area contributed by atoms with Crippen LogP contribution in [0.15, 0.2) is 53.4 Å². The molecule has 2 rings (SSSR count). The quantitative estimate of drug-likeness (QED) is 0.728. The van der Waals surface area contributed by atoms with E-state index in [4.69, 9.17) is 0 Å². The van der Waals surface area contributed by atoms with E-state index in [0.29, 0.717) is 5.56 Å². The second-order valence-electron chi connectivity index (χ2n) is 5.60. The summed E-state index contributed by atoms with van der Waals surface area (Å²) in [5.41, 5.74) is 2.46. The molecule has 8 heteroatoms. The van der Waals surface area contributed by atoms with Crippen LogP contribution in [0.1, 0.15) is 23.6 Å². The summed E-state index contributed by atoms with van der Waals surface area (Å²) >= 11 is 0. The van der Waals surface area contributed by atoms with Gasteiger partial charge in [-0.1, -0.05) is 43.3 Å². The van der Waals surface area contributed by atoms with Crippen LogP contribution in [-0.2, 0) is 38.8 Å². The smallest absolute Gasteiger partial charge is 0.218 e. The molecule has 2 aromatic carbocycles. The summed E-state index contributed by atoms with van der Waals surface area (Å²) in [5.74, 6) is -0.112. The summed E-state index contributed by atoms with van der Waals surface area (Å²) in [5, 5.41) is 0. The molecule has 0 aliphatic heterocycles. The maximum absolute atomic E-state index is 12.3. The Bertz CT molecular complexity index is 904. The third-order valence-corrected chi connectivity index (χ3v) is 6.55. The molecule has 0 unspecified atom stereocenters. The zero-order chi connectivity index (χ0) is 18.5. The Hall–Kier alpha value is -1.74. The molecular formula is C17H22N2O4S2. The highest BCUT2D eigenvalue weighted by atomic mass is 32.2. The Morgan fingerprint density at radius 1 is 0.800 bits per heavy atom. The predicted molar refractivity (Wildman–Crippen MR) is 98.0 cm³/mol. The summed E-state index contributed by atoms with van der Waals surface area (Å²) in [4.78, 5) is 0.224. The second-order valence-corrected chi connectivity index (χ2v) is 9.30. The molecule has 2 N–H and O–H groups in total. The van der Waals surface area contributed by atoms with E-state index in [0.717, 1.165) is 17.5 Å². The van der Waals surface area contributed by atoms with E-state index >= 15 is 0 Å². The van der Waals surface area contributed by atoms with Crippen molar-refractivity contribution in [3.63, 3.8) is 0 Å². The first kappa shape index (κ1) is 19.6. The summed E-state index contributed by atoms with van der Waals surface area (Å²) < 4.78 is 52.4. The highest BCUT2D eigenvalue weighted by molar-refractivity contribution is 7.89. The van der Waals surface area contributed by atoms with Crippen LogP contribution in [0.5, 0.6) is 0 Å². The van der Waals surface area contributed by atoms with Crippen LogP contribution in [-0.4, -0.2) is 23.9 Å². The number of rotatable bonds is 8. The fourth-order valence-electron chi connectivity index (χ4n) is 2.21. The lowest BCUT2D eigenvalue weighted by Crippen LogP contribution is -2.23. The summed E-state index contributed by atoms with van der Waals surface area (Å²) in [6.45, 7) is 2.14. The molecular weight excluding hydrogens is 360 g/mol. The van der Waals surface area contributed by atoms with Gasteiger partial charge in [-0.25, -0.2) is 26.3 Å². The van der Waals surface area contributed by atoms with Crippen molar-refractivity contribution >= 4 is 20.0 Å². The standard InChI is InChI=1S/C17H22N2O4S2/c1-3-14-8-10-17(11-9-14)25(22,23)19-12-15-4-6-16(7-5-15)13-24(20,21)18-2/h4-11,18-19H,3,12-13H2,1-2H3. The van der Waals surface area contributed by atoms with Gasteiger partial charge in [0, 0.05) is 6.54 Å². The van der Waals surface area contributed by atoms with Gasteiger partial charge in [0.25, 0.3) is 0 Å². The molecule has 0 fully saturated rings. The molecule has 0 atom stereocenters. The SMILES string of the molecule is CCc1ccc(S(=O)(=O)NCc2ccc(CS(=O)(=O)NC)cc2)cc1. The summed E-state index contributed by atoms with van der Waals surface area (Å²) in [7, 11) is -5.54. The van der Waals surface area contributed by atoms with Gasteiger partial charge in [0.2, 0.25) is 20.0 Å². The highest BCUT2D eigenvalue weighted by Crippen LogP contribution is 2.13. The van der Waals surface area contributed by atoms with Gasteiger partial charge in [-0.15, -0.1) is 0 Å². The Morgan fingerprint density at radius 3 is 1.84 bits per heavy atom. The molecule has 6 nitrogen and oxygen atoms in total. The normalized spacial score (nSPS) is 12.2. The molecule has 0 aliphatic rings. The van der Waals surface area contributed by atoms with Crippen LogP contribution < -0.4 is 9.44 Å². The number of hydrogen-bond acceptors (Lipinski definition) is 4. The van der Waals surface area contributed by atoms with Crippen LogP contribution in [0.3, 0.4) is 0 Å². The fraction of sp³-hybridized carbons (Fsp3) is 0.294. The zero-order valence-corrected chi connectivity index (χ0v) is 15.8. The van der Waals surface area contributed by atoms with Crippen molar-refractivity contribution in [1.82, 2.24) is 9.44 Å². The number of nitrogens with one attached hydrogen (secondary N) is 2. The van der Waals surface area contributed by atoms with Crippen LogP contribution in [0.2, 0.25) is 0 Å². The van der Waals surface area contributed by atoms with E-state index in [1.165, 1.54) is 7.05 Å². The maximum Gasteiger partial charge on any atom is 0.240 e. The van der Waals surface area contributed by atoms with E-state index in [-0.39, 0.29) is 17.2 Å². The maximum atomic E-state index is 12.3. The molecule has 2 aromatic rings. The monoisotopic (exact) mass is 382 g/mol. The molecule has 0 saturated carbocycles. The van der Waals surface area contributed by atoms with Crippen LogP contribution >= 0.6 is 0 Å². The van der Waals surface area contributed by atoms with Gasteiger partial charge in [0.15, 0.2) is 0 Å². The Labute approximate surface area is 149 Å². The fourth-order valence-corrected chi connectivity index (χ4v) is 4.00. The van der Waals surface area contributed by atoms with Gasteiger partial charge in [0.1, 0.15) is 0 Å². The van der Waals surface area contributed by atoms with Gasteiger partial charge >= 0.3 is 0 Å². The van der Waals surface area contributed by atoms with Crippen LogP contribution in [0, 0.1) is 0 Å². The van der Waals surface area contributed by atoms with E-state index in [2.05, 4.69) is 9.44 Å². The highest BCUT2D eigenvalue weighted by Gasteiger charge is 2.13. The minimum Gasteiger partial charge on any atom is -0.218 e. The third-order valence-electron chi connectivity index (χ3n) is 3.80. The molecule has 136 valence electrons. The minimum atomic E-state index is -3.58. The lowest BCUT2D eigenvalue weighted by atomic mass is 10.1. The third kappa shape index (κ3) is 5.64. The second kappa shape index (κ2) is 8.09. The lowest BCUT2D eigenvalue weighted by Gasteiger charge is -2.08. The minimum absolute atomic E-state index is 0.112. The largest absolute Gasteiger partial charge is 0.240 e. The average Bonchev–Trinajstić information content (AvgIpc) is 2.61. The predicted octanol–water partition coefficient (Wildman–Crippen LogP) is 1.78. The van der Waals surface area contributed by atoms with Crippen molar-refractivity contribution in [2.24, 2.45) is 0 Å². The molecule has 0 heterocycles. The van der Waals surface area contributed by atoms with Crippen LogP contribution in [0.4, 0.5) is 0 Å². The van der Waals surface area contributed by atoms with E-state index < -0.39 is 20.0 Å². The summed E-state index contributed by atoms with van der Waals surface area (Å²) in [6, 6.07) is 13.5. The van der Waals surface area contributed by atoms with E-state index in [1.807, 2.05) is 6.92 Å². The molecule has 0 radical (unpaired) electrons. The van der Waals surface area contributed by atoms with Gasteiger partial charge in [-0.05, 0) is 42.3 Å². The molecule has 0 bridgehead atoms. The Balaban J connectivity index is 2.02. The van der Waals surface area contributed by atoms with Crippen molar-refractivity contribution in [3.05, 3.63) is 65.2 Å². The van der Waals surface area contributed by atoms with Crippen molar-refractivity contribution in [2.45, 2.75) is 30.5 Å². The molecule has 0 amide bonds. The first-order valence-corrected chi connectivity index (χ1v) is 11.0. The van der Waals surface area contributed by atoms with Gasteiger partial charge in [-0.2, -0.15) is 0 Å².